The van der Waals surface area contributed by atoms with Gasteiger partial charge in [-0.2, -0.15) is 5.10 Å². The van der Waals surface area contributed by atoms with Gasteiger partial charge in [0.05, 0.1) is 11.7 Å². The number of nitrogens with two attached hydrogens (primary N) is 1. The van der Waals surface area contributed by atoms with Gasteiger partial charge in [0.25, 0.3) is 0 Å². The Balaban J connectivity index is 2.22. The quantitative estimate of drug-likeness (QED) is 0.819. The monoisotopic (exact) mass is 241 g/mol. The van der Waals surface area contributed by atoms with E-state index in [-0.39, 0.29) is 0 Å². The van der Waals surface area contributed by atoms with E-state index in [0.29, 0.717) is 16.9 Å². The number of hydrogen-bond donors (Lipinski definition) is 1. The zero-order chi connectivity index (χ0) is 11.9. The van der Waals surface area contributed by atoms with Crippen LogP contribution in [-0.2, 0) is 0 Å². The highest BCUT2D eigenvalue weighted by Gasteiger charge is 2.28. The highest BCUT2D eigenvalue weighted by molar-refractivity contribution is 6.33. The van der Waals surface area contributed by atoms with Crippen molar-refractivity contribution in [1.29, 1.82) is 0 Å². The topological polar surface area (TPSA) is 43.8 Å². The van der Waals surface area contributed by atoms with Gasteiger partial charge in [-0.3, -0.25) is 0 Å². The Hall–Kier alpha value is -0.700. The normalized spacial score (nSPS) is 30.6. The lowest BCUT2D eigenvalue weighted by atomic mass is 9.79. The first kappa shape index (κ1) is 11.8. The van der Waals surface area contributed by atoms with Crippen molar-refractivity contribution >= 4 is 17.4 Å². The van der Waals surface area contributed by atoms with Crippen LogP contribution in [0.2, 0.25) is 5.02 Å². The molecule has 0 amide bonds. The number of anilines is 1. The fraction of sp³-hybridized carbons (Fsp3) is 0.750. The van der Waals surface area contributed by atoms with Gasteiger partial charge in [-0.05, 0) is 38.0 Å². The zero-order valence-corrected chi connectivity index (χ0v) is 11.0. The van der Waals surface area contributed by atoms with Gasteiger partial charge in [-0.25, -0.2) is 4.68 Å². The second kappa shape index (κ2) is 4.28. The smallest absolute Gasteiger partial charge is 0.141 e. The molecule has 0 aliphatic heterocycles. The fourth-order valence-corrected chi connectivity index (χ4v) is 2.69. The summed E-state index contributed by atoms with van der Waals surface area (Å²) in [7, 11) is 0. The fourth-order valence-electron chi connectivity index (χ4n) is 2.56. The molecule has 16 heavy (non-hydrogen) atoms. The Kier molecular flexibility index (Phi) is 3.15. The van der Waals surface area contributed by atoms with E-state index in [0.717, 1.165) is 30.4 Å². The largest absolute Gasteiger partial charge is 0.383 e. The first-order valence-corrected chi connectivity index (χ1v) is 6.38. The summed E-state index contributed by atoms with van der Waals surface area (Å²) >= 11 is 6.07. The zero-order valence-electron chi connectivity index (χ0n) is 10.2. The van der Waals surface area contributed by atoms with Crippen molar-refractivity contribution in [1.82, 2.24) is 9.78 Å². The average molecular weight is 242 g/mol. The lowest BCUT2D eigenvalue weighted by molar-refractivity contribution is 0.202. The van der Waals surface area contributed by atoms with Crippen molar-refractivity contribution < 1.29 is 0 Å². The lowest BCUT2D eigenvalue weighted by Gasteiger charge is -2.32. The highest BCUT2D eigenvalue weighted by atomic mass is 35.5. The van der Waals surface area contributed by atoms with Gasteiger partial charge in [0, 0.05) is 0 Å². The Morgan fingerprint density at radius 2 is 2.00 bits per heavy atom. The molecule has 2 rings (SSSR count). The molecule has 90 valence electrons. The molecule has 0 aromatic carbocycles. The molecule has 3 atom stereocenters. The van der Waals surface area contributed by atoms with E-state index in [1.165, 1.54) is 6.42 Å². The van der Waals surface area contributed by atoms with Crippen LogP contribution < -0.4 is 5.73 Å². The van der Waals surface area contributed by atoms with Crippen LogP contribution >= 0.6 is 11.6 Å². The number of halogens is 1. The summed E-state index contributed by atoms with van der Waals surface area (Å²) in [4.78, 5) is 0. The van der Waals surface area contributed by atoms with Crippen molar-refractivity contribution in [2.45, 2.75) is 46.1 Å². The lowest BCUT2D eigenvalue weighted by Crippen LogP contribution is -2.24. The van der Waals surface area contributed by atoms with E-state index in [9.17, 15) is 0 Å². The minimum atomic E-state index is 0.428. The van der Waals surface area contributed by atoms with Crippen LogP contribution in [0.25, 0.3) is 0 Å². The van der Waals surface area contributed by atoms with Crippen molar-refractivity contribution in [2.75, 3.05) is 5.73 Å². The van der Waals surface area contributed by atoms with Crippen LogP contribution in [0, 0.1) is 18.8 Å². The van der Waals surface area contributed by atoms with Crippen LogP contribution in [-0.4, -0.2) is 9.78 Å². The van der Waals surface area contributed by atoms with Crippen LogP contribution in [0.1, 0.15) is 44.8 Å². The molecule has 0 spiro atoms. The molecule has 1 aromatic heterocycles. The Labute approximate surface area is 102 Å². The third-order valence-electron chi connectivity index (χ3n) is 3.96. The van der Waals surface area contributed by atoms with E-state index >= 15 is 0 Å². The van der Waals surface area contributed by atoms with Gasteiger partial charge in [-0.15, -0.1) is 0 Å². The number of rotatable bonds is 1. The maximum Gasteiger partial charge on any atom is 0.141 e. The third kappa shape index (κ3) is 1.93. The predicted octanol–water partition coefficient (Wildman–Crippen LogP) is 3.42. The Bertz CT molecular complexity index is 386. The third-order valence-corrected chi connectivity index (χ3v) is 4.43. The van der Waals surface area contributed by atoms with E-state index < -0.39 is 0 Å². The molecule has 1 aliphatic rings. The molecule has 3 unspecified atom stereocenters. The second-order valence-electron chi connectivity index (χ2n) is 5.15. The predicted molar refractivity (Wildman–Crippen MR) is 67.6 cm³/mol. The van der Waals surface area contributed by atoms with Crippen LogP contribution in [0.5, 0.6) is 0 Å². The SMILES string of the molecule is Cc1nn(C2CCC(C)C(C)C2)c(N)c1Cl. The number of nitrogens with zero attached hydrogens (tertiary/aromatic N) is 2. The van der Waals surface area contributed by atoms with Crippen molar-refractivity contribution in [3.63, 3.8) is 0 Å². The first-order chi connectivity index (χ1) is 7.50. The Morgan fingerprint density at radius 1 is 1.31 bits per heavy atom. The molecule has 0 saturated heterocycles. The number of nitrogen functional groups attached to an aromatic ring is 1. The molecule has 1 aromatic rings. The van der Waals surface area contributed by atoms with Gasteiger partial charge in [0.1, 0.15) is 10.8 Å². The van der Waals surface area contributed by atoms with Crippen molar-refractivity contribution in [3.05, 3.63) is 10.7 Å². The molecule has 2 N–H and O–H groups in total. The summed E-state index contributed by atoms with van der Waals surface area (Å²) in [6.07, 6.45) is 3.57. The molecule has 1 saturated carbocycles. The van der Waals surface area contributed by atoms with Crippen LogP contribution in [0.4, 0.5) is 5.82 Å². The Morgan fingerprint density at radius 3 is 2.50 bits per heavy atom. The molecule has 0 radical (unpaired) electrons. The molecule has 1 fully saturated rings. The number of aryl methyl sites for hydroxylation is 1. The van der Waals surface area contributed by atoms with Crippen molar-refractivity contribution in [2.24, 2.45) is 11.8 Å². The van der Waals surface area contributed by atoms with Gasteiger partial charge >= 0.3 is 0 Å². The van der Waals surface area contributed by atoms with Crippen molar-refractivity contribution in [3.8, 4) is 0 Å². The van der Waals surface area contributed by atoms with Crippen LogP contribution in [0.15, 0.2) is 0 Å². The summed E-state index contributed by atoms with van der Waals surface area (Å²) in [5.74, 6) is 2.18. The van der Waals surface area contributed by atoms with E-state index in [2.05, 4.69) is 18.9 Å². The maximum atomic E-state index is 6.07. The molecule has 0 bridgehead atoms. The highest BCUT2D eigenvalue weighted by Crippen LogP contribution is 2.38. The van der Waals surface area contributed by atoms with E-state index in [1.54, 1.807) is 0 Å². The van der Waals surface area contributed by atoms with E-state index in [1.807, 2.05) is 11.6 Å². The van der Waals surface area contributed by atoms with E-state index in [4.69, 9.17) is 17.3 Å². The van der Waals surface area contributed by atoms with Crippen LogP contribution in [0.3, 0.4) is 0 Å². The molecule has 1 aliphatic carbocycles. The van der Waals surface area contributed by atoms with Gasteiger partial charge in [0.2, 0.25) is 0 Å². The first-order valence-electron chi connectivity index (χ1n) is 6.00. The summed E-state index contributed by atoms with van der Waals surface area (Å²) in [6, 6.07) is 0.428. The van der Waals surface area contributed by atoms with Gasteiger partial charge in [-0.1, -0.05) is 25.4 Å². The minimum Gasteiger partial charge on any atom is -0.383 e. The molecule has 4 heteroatoms. The number of aromatic nitrogens is 2. The molecular formula is C12H20ClN3. The van der Waals surface area contributed by atoms with Gasteiger partial charge in [0.15, 0.2) is 0 Å². The molecular weight excluding hydrogens is 222 g/mol. The summed E-state index contributed by atoms with van der Waals surface area (Å²) in [6.45, 7) is 6.54. The second-order valence-corrected chi connectivity index (χ2v) is 5.53. The maximum absolute atomic E-state index is 6.07. The summed E-state index contributed by atoms with van der Waals surface area (Å²) < 4.78 is 1.93. The average Bonchev–Trinajstić information content (AvgIpc) is 2.50. The molecule has 1 heterocycles. The van der Waals surface area contributed by atoms with Gasteiger partial charge < -0.3 is 5.73 Å². The summed E-state index contributed by atoms with van der Waals surface area (Å²) in [5.41, 5.74) is 6.82. The minimum absolute atomic E-state index is 0.428. The summed E-state index contributed by atoms with van der Waals surface area (Å²) in [5, 5.41) is 5.07. The standard InChI is InChI=1S/C12H20ClN3/c1-7-4-5-10(6-8(7)2)16-12(14)11(13)9(3)15-16/h7-8,10H,4-6,14H2,1-3H3. The number of hydrogen-bond acceptors (Lipinski definition) is 2. The molecule has 3 nitrogen and oxygen atoms in total.